The Bertz CT molecular complexity index is 458. The van der Waals surface area contributed by atoms with Gasteiger partial charge < -0.3 is 5.32 Å². The number of rotatable bonds is 3. The smallest absolute Gasteiger partial charge is 0.272 e. The molecule has 1 aromatic heterocycles. The number of hydrogen-bond acceptors (Lipinski definition) is 5. The summed E-state index contributed by atoms with van der Waals surface area (Å²) in [7, 11) is 0. The van der Waals surface area contributed by atoms with Crippen molar-refractivity contribution in [3.63, 3.8) is 0 Å². The minimum atomic E-state index is -0.146. The fourth-order valence-corrected chi connectivity index (χ4v) is 2.79. The van der Waals surface area contributed by atoms with Crippen LogP contribution in [0.5, 0.6) is 0 Å². The highest BCUT2D eigenvalue weighted by Crippen LogP contribution is 2.25. The molecular formula is C13H20N4OS. The predicted molar refractivity (Wildman–Crippen MR) is 77.0 cm³/mol. The van der Waals surface area contributed by atoms with E-state index in [0.29, 0.717) is 5.69 Å². The molecule has 19 heavy (non-hydrogen) atoms. The fraction of sp³-hybridized carbons (Fsp3) is 0.615. The fourth-order valence-electron chi connectivity index (χ4n) is 2.24. The summed E-state index contributed by atoms with van der Waals surface area (Å²) in [5.74, 6) is -0.120. The molecule has 0 radical (unpaired) electrons. The summed E-state index contributed by atoms with van der Waals surface area (Å²) < 4.78 is 2.32. The number of nitrogens with one attached hydrogen (secondary N) is 1. The largest absolute Gasteiger partial charge is 0.345 e. The second-order valence-corrected chi connectivity index (χ2v) is 6.07. The van der Waals surface area contributed by atoms with Crippen LogP contribution in [0.4, 0.5) is 0 Å². The summed E-state index contributed by atoms with van der Waals surface area (Å²) in [6.07, 6.45) is 5.60. The summed E-state index contributed by atoms with van der Waals surface area (Å²) in [6, 6.07) is 1.81. The van der Waals surface area contributed by atoms with Gasteiger partial charge in [0, 0.05) is 24.8 Å². The van der Waals surface area contributed by atoms with Crippen molar-refractivity contribution < 1.29 is 4.79 Å². The molecule has 0 atom stereocenters. The Balaban J connectivity index is 2.01. The highest BCUT2D eigenvalue weighted by molar-refractivity contribution is 7.96. The van der Waals surface area contributed by atoms with Crippen LogP contribution in [0.2, 0.25) is 0 Å². The maximum atomic E-state index is 12.3. The zero-order chi connectivity index (χ0) is 13.9. The van der Waals surface area contributed by atoms with Crippen molar-refractivity contribution >= 4 is 17.9 Å². The van der Waals surface area contributed by atoms with Crippen LogP contribution in [0.15, 0.2) is 12.3 Å². The molecule has 5 nitrogen and oxygen atoms in total. The topological polar surface area (TPSA) is 58.1 Å². The van der Waals surface area contributed by atoms with Gasteiger partial charge in [0.15, 0.2) is 5.69 Å². The number of nitrogens with zero attached hydrogens (tertiary/aromatic N) is 3. The monoisotopic (exact) mass is 280 g/mol. The lowest BCUT2D eigenvalue weighted by molar-refractivity contribution is 0.0867. The molecule has 1 fully saturated rings. The number of piperidine rings is 1. The average molecular weight is 280 g/mol. The molecule has 1 aliphatic heterocycles. The first-order chi connectivity index (χ1) is 9.04. The highest BCUT2D eigenvalue weighted by atomic mass is 32.2. The van der Waals surface area contributed by atoms with Crippen LogP contribution in [-0.2, 0) is 0 Å². The molecule has 0 bridgehead atoms. The number of aryl methyl sites for hydroxylation is 1. The van der Waals surface area contributed by atoms with E-state index in [0.717, 1.165) is 31.5 Å². The van der Waals surface area contributed by atoms with Gasteiger partial charge in [-0.15, -0.1) is 5.10 Å². The van der Waals surface area contributed by atoms with E-state index < -0.39 is 0 Å². The second-order valence-electron chi connectivity index (χ2n) is 5.19. The molecule has 0 saturated carbocycles. The van der Waals surface area contributed by atoms with E-state index in [-0.39, 0.29) is 11.4 Å². The standard InChI is InChI=1S/C13H20N4OS/c1-10-4-7-14-16-11(10)12(18)15-13(2)5-8-17(19-3)9-6-13/h4,7H,5-6,8-9H2,1-3H3,(H,15,18). The Labute approximate surface area is 118 Å². The van der Waals surface area contributed by atoms with Crippen LogP contribution in [0.25, 0.3) is 0 Å². The van der Waals surface area contributed by atoms with Gasteiger partial charge in [0.2, 0.25) is 0 Å². The van der Waals surface area contributed by atoms with Gasteiger partial charge in [0.05, 0.1) is 0 Å². The third-order valence-electron chi connectivity index (χ3n) is 3.64. The molecule has 1 N–H and O–H groups in total. The van der Waals surface area contributed by atoms with Gasteiger partial charge in [-0.1, -0.05) is 11.9 Å². The quantitative estimate of drug-likeness (QED) is 0.853. The van der Waals surface area contributed by atoms with Crippen molar-refractivity contribution in [2.45, 2.75) is 32.2 Å². The zero-order valence-corrected chi connectivity index (χ0v) is 12.5. The number of aromatic nitrogens is 2. The van der Waals surface area contributed by atoms with Crippen LogP contribution in [-0.4, -0.2) is 45.3 Å². The van der Waals surface area contributed by atoms with E-state index in [1.165, 1.54) is 0 Å². The zero-order valence-electron chi connectivity index (χ0n) is 11.6. The molecule has 2 rings (SSSR count). The number of amides is 1. The first kappa shape index (κ1) is 14.3. The molecular weight excluding hydrogens is 260 g/mol. The lowest BCUT2D eigenvalue weighted by atomic mass is 9.90. The Morgan fingerprint density at radius 2 is 2.16 bits per heavy atom. The Hall–Kier alpha value is -1.14. The van der Waals surface area contributed by atoms with Crippen molar-refractivity contribution in [1.82, 2.24) is 19.8 Å². The lowest BCUT2D eigenvalue weighted by Gasteiger charge is -2.38. The van der Waals surface area contributed by atoms with E-state index in [2.05, 4.69) is 33.0 Å². The highest BCUT2D eigenvalue weighted by Gasteiger charge is 2.32. The normalized spacial score (nSPS) is 19.1. The maximum Gasteiger partial charge on any atom is 0.272 e. The predicted octanol–water partition coefficient (Wildman–Crippen LogP) is 1.65. The van der Waals surface area contributed by atoms with Crippen LogP contribution in [0.1, 0.15) is 35.8 Å². The van der Waals surface area contributed by atoms with E-state index in [4.69, 9.17) is 0 Å². The second kappa shape index (κ2) is 5.88. The minimum absolute atomic E-state index is 0.120. The summed E-state index contributed by atoms with van der Waals surface area (Å²) in [5.41, 5.74) is 1.14. The van der Waals surface area contributed by atoms with Crippen molar-refractivity contribution in [3.05, 3.63) is 23.5 Å². The van der Waals surface area contributed by atoms with E-state index in [1.807, 2.05) is 6.92 Å². The van der Waals surface area contributed by atoms with Crippen LogP contribution in [0, 0.1) is 6.92 Å². The van der Waals surface area contributed by atoms with Gasteiger partial charge in [0.25, 0.3) is 5.91 Å². The van der Waals surface area contributed by atoms with Crippen LogP contribution in [0.3, 0.4) is 0 Å². The van der Waals surface area contributed by atoms with Gasteiger partial charge in [-0.05, 0) is 44.6 Å². The molecule has 0 aromatic carbocycles. The molecule has 1 aromatic rings. The minimum Gasteiger partial charge on any atom is -0.345 e. The van der Waals surface area contributed by atoms with Gasteiger partial charge in [0.1, 0.15) is 0 Å². The third kappa shape index (κ3) is 3.45. The molecule has 0 aliphatic carbocycles. The van der Waals surface area contributed by atoms with Crippen molar-refractivity contribution in [1.29, 1.82) is 0 Å². The van der Waals surface area contributed by atoms with Crippen molar-refractivity contribution in [2.24, 2.45) is 0 Å². The number of hydrogen-bond donors (Lipinski definition) is 1. The summed E-state index contributed by atoms with van der Waals surface area (Å²) >= 11 is 1.76. The van der Waals surface area contributed by atoms with Gasteiger partial charge >= 0.3 is 0 Å². The first-order valence-electron chi connectivity index (χ1n) is 6.44. The lowest BCUT2D eigenvalue weighted by Crippen LogP contribution is -2.52. The first-order valence-corrected chi connectivity index (χ1v) is 7.62. The summed E-state index contributed by atoms with van der Waals surface area (Å²) in [6.45, 7) is 5.98. The molecule has 0 unspecified atom stereocenters. The Morgan fingerprint density at radius 3 is 2.74 bits per heavy atom. The molecule has 6 heteroatoms. The van der Waals surface area contributed by atoms with E-state index in [1.54, 1.807) is 24.2 Å². The Kier molecular flexibility index (Phi) is 4.42. The number of carbonyl (C=O) groups excluding carboxylic acids is 1. The van der Waals surface area contributed by atoms with Gasteiger partial charge in [-0.25, -0.2) is 0 Å². The summed E-state index contributed by atoms with van der Waals surface area (Å²) in [4.78, 5) is 12.3. The number of carbonyl (C=O) groups is 1. The van der Waals surface area contributed by atoms with Gasteiger partial charge in [-0.2, -0.15) is 5.10 Å². The van der Waals surface area contributed by atoms with Crippen molar-refractivity contribution in [2.75, 3.05) is 19.3 Å². The molecule has 104 valence electrons. The van der Waals surface area contributed by atoms with E-state index in [9.17, 15) is 4.79 Å². The van der Waals surface area contributed by atoms with Crippen molar-refractivity contribution in [3.8, 4) is 0 Å². The molecule has 1 saturated heterocycles. The van der Waals surface area contributed by atoms with Gasteiger partial charge in [-0.3, -0.25) is 9.10 Å². The maximum absolute atomic E-state index is 12.3. The molecule has 2 heterocycles. The molecule has 1 amide bonds. The van der Waals surface area contributed by atoms with Crippen LogP contribution < -0.4 is 5.32 Å². The molecule has 1 aliphatic rings. The molecule has 0 spiro atoms. The van der Waals surface area contributed by atoms with Crippen LogP contribution >= 0.6 is 11.9 Å². The van der Waals surface area contributed by atoms with E-state index >= 15 is 0 Å². The summed E-state index contributed by atoms with van der Waals surface area (Å²) in [5, 5.41) is 10.8. The SMILES string of the molecule is CSN1CCC(C)(NC(=O)c2nnccc2C)CC1. The average Bonchev–Trinajstić information content (AvgIpc) is 2.39. The third-order valence-corrected chi connectivity index (χ3v) is 4.52. The Morgan fingerprint density at radius 1 is 1.47 bits per heavy atom.